The van der Waals surface area contributed by atoms with Crippen molar-refractivity contribution >= 4 is 0 Å². The highest BCUT2D eigenvalue weighted by atomic mass is 19.4. The van der Waals surface area contributed by atoms with Gasteiger partial charge in [0.25, 0.3) is 11.6 Å². The van der Waals surface area contributed by atoms with Crippen LogP contribution in [-0.2, 0) is 0 Å². The molecule has 0 N–H and O–H groups in total. The van der Waals surface area contributed by atoms with Crippen LogP contribution in [0.3, 0.4) is 0 Å². The summed E-state index contributed by atoms with van der Waals surface area (Å²) in [6.07, 6.45) is -20.7. The molecule has 0 unspecified atom stereocenters. The Hall–Kier alpha value is -1.40. The van der Waals surface area contributed by atoms with E-state index < -0.39 is 65.6 Å². The molecule has 0 heterocycles. The zero-order chi connectivity index (χ0) is 45.9. The van der Waals surface area contributed by atoms with Gasteiger partial charge in [0.2, 0.25) is 0 Å². The van der Waals surface area contributed by atoms with Gasteiger partial charge in [0.05, 0.1) is 0 Å². The minimum absolute atomic E-state index is 0.104. The van der Waals surface area contributed by atoms with Crippen molar-refractivity contribution in [1.29, 1.82) is 0 Å². The van der Waals surface area contributed by atoms with Crippen LogP contribution in [0.1, 0.15) is 156 Å². The topological polar surface area (TPSA) is 0 Å². The molecule has 0 spiro atoms. The van der Waals surface area contributed by atoms with Crippen molar-refractivity contribution in [2.45, 2.75) is 210 Å². The Morgan fingerprint density at radius 2 is 0.509 bits per heavy atom. The molecule has 0 aliphatic heterocycles. The highest BCUT2D eigenvalue weighted by Crippen LogP contribution is 2.49. The molecule has 0 atom stereocenters. The quantitative estimate of drug-likeness (QED) is 0.242. The van der Waals surface area contributed by atoms with Crippen LogP contribution in [0.25, 0.3) is 0 Å². The fraction of sp³-hybridized carbons (Fsp3) is 1.00. The van der Waals surface area contributed by atoms with Crippen molar-refractivity contribution < 1.29 is 87.8 Å². The van der Waals surface area contributed by atoms with E-state index in [0.717, 1.165) is 13.8 Å². The highest BCUT2D eigenvalue weighted by Gasteiger charge is 2.71. The largest absolute Gasteiger partial charge is 0.431 e. The zero-order valence-electron chi connectivity index (χ0n) is 33.5. The monoisotopic (exact) mass is 838 g/mol. The number of hydrogen-bond donors (Lipinski definition) is 0. The smallest absolute Gasteiger partial charge is 0.238 e. The lowest BCUT2D eigenvalue weighted by Gasteiger charge is -2.29. The maximum Gasteiger partial charge on any atom is 0.431 e. The van der Waals surface area contributed by atoms with Gasteiger partial charge in [-0.15, -0.1) is 0 Å². The Balaban J connectivity index is -0.0000000766. The fourth-order valence-corrected chi connectivity index (χ4v) is 1.08. The van der Waals surface area contributed by atoms with E-state index in [9.17, 15) is 87.8 Å². The molecule has 0 bridgehead atoms. The van der Waals surface area contributed by atoms with Crippen LogP contribution in [0, 0.1) is 5.41 Å². The maximum absolute atomic E-state index is 12.3. The first-order valence-corrected chi connectivity index (χ1v) is 16.6. The minimum atomic E-state index is -5.90. The van der Waals surface area contributed by atoms with Crippen molar-refractivity contribution in [2.24, 2.45) is 5.41 Å². The highest BCUT2D eigenvalue weighted by molar-refractivity contribution is 4.93. The van der Waals surface area contributed by atoms with Crippen LogP contribution in [-0.4, -0.2) is 53.8 Å². The third-order valence-corrected chi connectivity index (χ3v) is 5.73. The van der Waals surface area contributed by atoms with Gasteiger partial charge >= 0.3 is 30.9 Å². The van der Waals surface area contributed by atoms with Gasteiger partial charge in [-0.1, -0.05) is 101 Å². The second-order valence-corrected chi connectivity index (χ2v) is 12.2. The van der Waals surface area contributed by atoms with Gasteiger partial charge in [0.15, 0.2) is 16.8 Å². The van der Waals surface area contributed by atoms with Gasteiger partial charge in [-0.05, 0) is 48.0 Å². The molecule has 0 amide bonds. The standard InChI is InChI=1S/C5H5F7.C5H6F6.C5H9F3.C5H12.C4H6F4.C4H10.C3H8.C2H6/c1-2-3(6,4(7,8)9)5(10,11)12;1-3(2,4(6,7)8)5(9,10)11;1-4(2,6)5(3,7)8;1-3-5-4-2;1-3(2,5)4(6,7)8;1-3-4-2;1-3-2;1-2/h2H2,1H3;1-2H3;1-3H3;3-5H2,1-2H3;1-2H3;3-4H2,1-2H3;3H2,1-2H3;1-2H3. The van der Waals surface area contributed by atoms with E-state index >= 15 is 0 Å². The van der Waals surface area contributed by atoms with Gasteiger partial charge in [-0.3, -0.25) is 0 Å². The predicted octanol–water partition coefficient (Wildman–Crippen LogP) is 17.5. The summed E-state index contributed by atoms with van der Waals surface area (Å²) in [5.74, 6) is -3.23. The average molecular weight is 839 g/mol. The molecule has 0 aliphatic carbocycles. The molecule has 0 fully saturated rings. The Labute approximate surface area is 303 Å². The summed E-state index contributed by atoms with van der Waals surface area (Å²) in [7, 11) is 0. The summed E-state index contributed by atoms with van der Waals surface area (Å²) in [6, 6.07) is 0. The molecule has 0 aromatic rings. The fourth-order valence-electron chi connectivity index (χ4n) is 1.08. The molecule has 0 rings (SSSR count). The first-order valence-electron chi connectivity index (χ1n) is 16.6. The van der Waals surface area contributed by atoms with Crippen LogP contribution >= 0.6 is 0 Å². The average Bonchev–Trinajstić information content (AvgIpc) is 2.91. The normalized spacial score (nSPS) is 12.7. The SMILES string of the molecule is CC.CC(C)(C(F)(F)F)C(F)(F)F.CC(C)(F)C(C)(F)F.CC(C)(F)C(F)(F)F.CCC.CCC(F)(C(F)(F)F)C(F)(F)F.CCCC.CCCCC. The number of hydrogen-bond acceptors (Lipinski definition) is 0. The molecule has 20 heteroatoms. The lowest BCUT2D eigenvalue weighted by Crippen LogP contribution is -2.52. The summed E-state index contributed by atoms with van der Waals surface area (Å²) in [5.41, 5.74) is -14.2. The number of alkyl halides is 20. The Kier molecular flexibility index (Phi) is 37.9. The number of unbranched alkanes of at least 4 members (excludes halogenated alkanes) is 3. The van der Waals surface area contributed by atoms with Crippen LogP contribution in [0.4, 0.5) is 87.8 Å². The molecule has 0 aliphatic rings. The van der Waals surface area contributed by atoms with Crippen molar-refractivity contribution in [3.05, 3.63) is 0 Å². The van der Waals surface area contributed by atoms with Crippen LogP contribution in [0.15, 0.2) is 0 Å². The van der Waals surface area contributed by atoms with E-state index in [-0.39, 0.29) is 13.8 Å². The molecular weight excluding hydrogens is 776 g/mol. The van der Waals surface area contributed by atoms with E-state index in [1.165, 1.54) is 38.5 Å². The third-order valence-electron chi connectivity index (χ3n) is 5.73. The summed E-state index contributed by atoms with van der Waals surface area (Å²) in [6.45, 7) is 21.0. The summed E-state index contributed by atoms with van der Waals surface area (Å²) in [5, 5.41) is 0. The van der Waals surface area contributed by atoms with Gasteiger partial charge in [-0.2, -0.15) is 65.9 Å². The third kappa shape index (κ3) is 34.8. The first kappa shape index (κ1) is 69.5. The van der Waals surface area contributed by atoms with E-state index in [2.05, 4.69) is 41.5 Å². The van der Waals surface area contributed by atoms with Crippen molar-refractivity contribution in [3.8, 4) is 0 Å². The predicted molar refractivity (Wildman–Crippen MR) is 172 cm³/mol. The second-order valence-electron chi connectivity index (χ2n) is 12.2. The first-order chi connectivity index (χ1) is 22.8. The molecule has 0 aromatic carbocycles. The lowest BCUT2D eigenvalue weighted by molar-refractivity contribution is -0.342. The van der Waals surface area contributed by atoms with Crippen LogP contribution < -0.4 is 0 Å². The van der Waals surface area contributed by atoms with E-state index in [1.807, 2.05) is 13.8 Å². The van der Waals surface area contributed by atoms with Gasteiger partial charge in [-0.25, -0.2) is 22.0 Å². The van der Waals surface area contributed by atoms with Crippen LogP contribution in [0.5, 0.6) is 0 Å². The summed E-state index contributed by atoms with van der Waals surface area (Å²) >= 11 is 0. The molecule has 0 saturated carbocycles. The molecule has 0 saturated heterocycles. The Morgan fingerprint density at radius 1 is 0.321 bits per heavy atom. The van der Waals surface area contributed by atoms with Crippen LogP contribution in [0.2, 0.25) is 0 Å². The van der Waals surface area contributed by atoms with Gasteiger partial charge in [0.1, 0.15) is 0 Å². The van der Waals surface area contributed by atoms with E-state index in [4.69, 9.17) is 0 Å². The maximum atomic E-state index is 12.3. The molecule has 334 valence electrons. The van der Waals surface area contributed by atoms with Crippen molar-refractivity contribution in [3.63, 3.8) is 0 Å². The molecular formula is C33H62F20. The summed E-state index contributed by atoms with van der Waals surface area (Å²) < 4.78 is 232. The Morgan fingerprint density at radius 3 is 0.509 bits per heavy atom. The molecule has 0 nitrogen and oxygen atoms in total. The van der Waals surface area contributed by atoms with Crippen molar-refractivity contribution in [1.82, 2.24) is 0 Å². The van der Waals surface area contributed by atoms with E-state index in [1.54, 1.807) is 0 Å². The number of rotatable bonds is 5. The Bertz CT molecular complexity index is 699. The molecule has 0 aromatic heterocycles. The van der Waals surface area contributed by atoms with Gasteiger partial charge < -0.3 is 0 Å². The number of halogens is 20. The van der Waals surface area contributed by atoms with Gasteiger partial charge in [0, 0.05) is 6.92 Å². The summed E-state index contributed by atoms with van der Waals surface area (Å²) in [4.78, 5) is 0. The van der Waals surface area contributed by atoms with Crippen molar-refractivity contribution in [2.75, 3.05) is 0 Å². The molecule has 0 radical (unpaired) electrons. The minimum Gasteiger partial charge on any atom is -0.238 e. The van der Waals surface area contributed by atoms with E-state index in [0.29, 0.717) is 27.7 Å². The second kappa shape index (κ2) is 28.9. The molecule has 53 heavy (non-hydrogen) atoms. The zero-order valence-corrected chi connectivity index (χ0v) is 33.5. The lowest BCUT2D eigenvalue weighted by atomic mass is 9.92.